The highest BCUT2D eigenvalue weighted by molar-refractivity contribution is 6.31. The first kappa shape index (κ1) is 18.0. The van der Waals surface area contributed by atoms with Gasteiger partial charge in [-0.25, -0.2) is 9.18 Å². The molecule has 23 heavy (non-hydrogen) atoms. The molecule has 2 N–H and O–H groups in total. The second-order valence-corrected chi connectivity index (χ2v) is 6.02. The van der Waals surface area contributed by atoms with E-state index in [0.29, 0.717) is 18.1 Å². The molecule has 1 fully saturated rings. The van der Waals surface area contributed by atoms with Gasteiger partial charge in [-0.05, 0) is 31.9 Å². The molecule has 2 amide bonds. The van der Waals surface area contributed by atoms with Crippen molar-refractivity contribution in [3.05, 3.63) is 34.6 Å². The number of benzene rings is 1. The zero-order valence-electron chi connectivity index (χ0n) is 13.1. The molecule has 0 radical (unpaired) electrons. The van der Waals surface area contributed by atoms with Crippen LogP contribution in [0.2, 0.25) is 5.02 Å². The van der Waals surface area contributed by atoms with E-state index in [-0.39, 0.29) is 30.9 Å². The van der Waals surface area contributed by atoms with Crippen LogP contribution in [0.5, 0.6) is 0 Å². The number of piperidine rings is 1. The quantitative estimate of drug-likeness (QED) is 0.863. The van der Waals surface area contributed by atoms with E-state index in [1.807, 2.05) is 0 Å². The molecule has 2 rings (SSSR count). The number of urea groups is 1. The Kier molecular flexibility index (Phi) is 6.62. The Bertz CT molecular complexity index is 524. The van der Waals surface area contributed by atoms with E-state index in [4.69, 9.17) is 21.4 Å². The van der Waals surface area contributed by atoms with Crippen molar-refractivity contribution in [1.29, 1.82) is 0 Å². The second kappa shape index (κ2) is 8.47. The molecule has 0 spiro atoms. The molecule has 1 aliphatic heterocycles. The van der Waals surface area contributed by atoms with E-state index in [1.165, 1.54) is 12.1 Å². The summed E-state index contributed by atoms with van der Waals surface area (Å²) >= 11 is 6.03. The predicted octanol–water partition coefficient (Wildman–Crippen LogP) is 2.72. The SMILES string of the molecule is C[C@H](NC(=O)N1CCC[C@@H](OCCO)C1)c1c(F)cccc1Cl. The first-order valence-corrected chi connectivity index (χ1v) is 8.12. The molecule has 0 aromatic heterocycles. The average molecular weight is 345 g/mol. The second-order valence-electron chi connectivity index (χ2n) is 5.61. The summed E-state index contributed by atoms with van der Waals surface area (Å²) < 4.78 is 19.4. The number of aliphatic hydroxyl groups is 1. The molecule has 0 unspecified atom stereocenters. The third kappa shape index (κ3) is 4.80. The van der Waals surface area contributed by atoms with Gasteiger partial charge < -0.3 is 20.1 Å². The number of ether oxygens (including phenoxy) is 1. The summed E-state index contributed by atoms with van der Waals surface area (Å²) in [6, 6.07) is 3.65. The van der Waals surface area contributed by atoms with Crippen molar-refractivity contribution in [3.63, 3.8) is 0 Å². The standard InChI is InChI=1S/C16H22ClFN2O3/c1-11(15-13(17)5-2-6-14(15)18)19-16(22)20-7-3-4-12(10-20)23-9-8-21/h2,5-6,11-12,21H,3-4,7-10H2,1H3,(H,19,22)/t11-,12+/m0/s1. The summed E-state index contributed by atoms with van der Waals surface area (Å²) in [6.07, 6.45) is 1.62. The average Bonchev–Trinajstić information content (AvgIpc) is 2.53. The molecule has 0 saturated carbocycles. The van der Waals surface area contributed by atoms with Gasteiger partial charge in [-0.2, -0.15) is 0 Å². The van der Waals surface area contributed by atoms with Crippen LogP contribution < -0.4 is 5.32 Å². The summed E-state index contributed by atoms with van der Waals surface area (Å²) in [6.45, 7) is 3.02. The van der Waals surface area contributed by atoms with Gasteiger partial charge in [0.25, 0.3) is 0 Å². The third-order valence-corrected chi connectivity index (χ3v) is 4.21. The van der Waals surface area contributed by atoms with Crippen LogP contribution in [-0.4, -0.2) is 48.4 Å². The molecule has 7 heteroatoms. The topological polar surface area (TPSA) is 61.8 Å². The fraction of sp³-hybridized carbons (Fsp3) is 0.562. The highest BCUT2D eigenvalue weighted by atomic mass is 35.5. The van der Waals surface area contributed by atoms with Gasteiger partial charge in [-0.15, -0.1) is 0 Å². The lowest BCUT2D eigenvalue weighted by molar-refractivity contribution is -0.00597. The van der Waals surface area contributed by atoms with Crippen molar-refractivity contribution in [3.8, 4) is 0 Å². The van der Waals surface area contributed by atoms with E-state index in [9.17, 15) is 9.18 Å². The van der Waals surface area contributed by atoms with E-state index in [2.05, 4.69) is 5.32 Å². The van der Waals surface area contributed by atoms with Crippen LogP contribution in [0.3, 0.4) is 0 Å². The maximum Gasteiger partial charge on any atom is 0.317 e. The zero-order valence-corrected chi connectivity index (χ0v) is 13.9. The molecule has 128 valence electrons. The lowest BCUT2D eigenvalue weighted by atomic mass is 10.1. The summed E-state index contributed by atoms with van der Waals surface area (Å²) in [5.41, 5.74) is 0.285. The minimum atomic E-state index is -0.532. The predicted molar refractivity (Wildman–Crippen MR) is 86.0 cm³/mol. The van der Waals surface area contributed by atoms with Crippen LogP contribution >= 0.6 is 11.6 Å². The summed E-state index contributed by atoms with van der Waals surface area (Å²) in [5, 5.41) is 11.9. The fourth-order valence-electron chi connectivity index (χ4n) is 2.75. The van der Waals surface area contributed by atoms with E-state index < -0.39 is 11.9 Å². The van der Waals surface area contributed by atoms with Gasteiger partial charge in [0.05, 0.1) is 25.4 Å². The first-order valence-electron chi connectivity index (χ1n) is 7.74. The monoisotopic (exact) mass is 344 g/mol. The number of rotatable bonds is 5. The Morgan fingerprint density at radius 1 is 1.61 bits per heavy atom. The van der Waals surface area contributed by atoms with Gasteiger partial charge >= 0.3 is 6.03 Å². The Hall–Kier alpha value is -1.37. The number of likely N-dealkylation sites (tertiary alicyclic amines) is 1. The number of hydrogen-bond donors (Lipinski definition) is 2. The van der Waals surface area contributed by atoms with Crippen LogP contribution in [0, 0.1) is 5.82 Å². The molecule has 1 aromatic rings. The number of hydrogen-bond acceptors (Lipinski definition) is 3. The third-order valence-electron chi connectivity index (χ3n) is 3.88. The number of amides is 2. The fourth-order valence-corrected chi connectivity index (χ4v) is 3.08. The molecule has 0 aliphatic carbocycles. The number of halogens is 2. The van der Waals surface area contributed by atoms with Crippen LogP contribution in [-0.2, 0) is 4.74 Å². The first-order chi connectivity index (χ1) is 11.0. The normalized spacial score (nSPS) is 19.5. The number of nitrogens with one attached hydrogen (secondary N) is 1. The van der Waals surface area contributed by atoms with Gasteiger partial charge in [0.15, 0.2) is 0 Å². The summed E-state index contributed by atoms with van der Waals surface area (Å²) in [7, 11) is 0. The van der Waals surface area contributed by atoms with Crippen molar-refractivity contribution < 1.29 is 19.0 Å². The zero-order chi connectivity index (χ0) is 16.8. The molecule has 2 atom stereocenters. The van der Waals surface area contributed by atoms with Crippen molar-refractivity contribution in [2.45, 2.75) is 31.9 Å². The minimum absolute atomic E-state index is 0.0362. The molecule has 0 bridgehead atoms. The van der Waals surface area contributed by atoms with Crippen LogP contribution in [0.4, 0.5) is 9.18 Å². The summed E-state index contributed by atoms with van der Waals surface area (Å²) in [4.78, 5) is 14.0. The van der Waals surface area contributed by atoms with E-state index in [0.717, 1.165) is 12.8 Å². The maximum absolute atomic E-state index is 13.9. The number of carbonyl (C=O) groups excluding carboxylic acids is 1. The van der Waals surface area contributed by atoms with Crippen molar-refractivity contribution in [2.75, 3.05) is 26.3 Å². The number of aliphatic hydroxyl groups excluding tert-OH is 1. The Morgan fingerprint density at radius 2 is 2.39 bits per heavy atom. The lowest BCUT2D eigenvalue weighted by Gasteiger charge is -2.33. The maximum atomic E-state index is 13.9. The molecule has 1 saturated heterocycles. The summed E-state index contributed by atoms with van der Waals surface area (Å²) in [5.74, 6) is -0.437. The van der Waals surface area contributed by atoms with E-state index >= 15 is 0 Å². The Labute approximate surface area is 140 Å². The van der Waals surface area contributed by atoms with Crippen LogP contribution in [0.1, 0.15) is 31.4 Å². The van der Waals surface area contributed by atoms with Gasteiger partial charge in [0, 0.05) is 23.7 Å². The number of nitrogens with zero attached hydrogens (tertiary/aromatic N) is 1. The van der Waals surface area contributed by atoms with Crippen molar-refractivity contribution in [2.24, 2.45) is 0 Å². The molecular weight excluding hydrogens is 323 g/mol. The largest absolute Gasteiger partial charge is 0.394 e. The van der Waals surface area contributed by atoms with Gasteiger partial charge in [0.2, 0.25) is 0 Å². The van der Waals surface area contributed by atoms with Gasteiger partial charge in [-0.3, -0.25) is 0 Å². The lowest BCUT2D eigenvalue weighted by Crippen LogP contribution is -2.48. The smallest absolute Gasteiger partial charge is 0.317 e. The molecule has 1 aromatic carbocycles. The highest BCUT2D eigenvalue weighted by Crippen LogP contribution is 2.26. The number of carbonyl (C=O) groups is 1. The minimum Gasteiger partial charge on any atom is -0.394 e. The van der Waals surface area contributed by atoms with Crippen LogP contribution in [0.15, 0.2) is 18.2 Å². The molecular formula is C16H22ClFN2O3. The Morgan fingerprint density at radius 3 is 3.09 bits per heavy atom. The molecule has 5 nitrogen and oxygen atoms in total. The molecule has 1 aliphatic rings. The van der Waals surface area contributed by atoms with E-state index in [1.54, 1.807) is 17.9 Å². The van der Waals surface area contributed by atoms with Crippen molar-refractivity contribution >= 4 is 17.6 Å². The Balaban J connectivity index is 1.95. The highest BCUT2D eigenvalue weighted by Gasteiger charge is 2.26. The molecule has 1 heterocycles. The van der Waals surface area contributed by atoms with Gasteiger partial charge in [-0.1, -0.05) is 17.7 Å². The van der Waals surface area contributed by atoms with Crippen LogP contribution in [0.25, 0.3) is 0 Å². The van der Waals surface area contributed by atoms with Crippen molar-refractivity contribution in [1.82, 2.24) is 10.2 Å². The van der Waals surface area contributed by atoms with Gasteiger partial charge in [0.1, 0.15) is 5.82 Å².